The Morgan fingerprint density at radius 2 is 1.93 bits per heavy atom. The highest BCUT2D eigenvalue weighted by molar-refractivity contribution is 6.34. The molecule has 10 nitrogen and oxygen atoms in total. The highest BCUT2D eigenvalue weighted by atomic mass is 35.5. The molecular formula is C27H28ClF3N8O2. The summed E-state index contributed by atoms with van der Waals surface area (Å²) in [6.45, 7) is 2.56. The number of halogens is 4. The topological polar surface area (TPSA) is 114 Å². The SMILES string of the molecule is C#CCn1cc(-c2cnc(C(=O)Nc3ccc(C(=O)N4CCN(C5CC(N)C5)CC4)c(Cl)c3)n2C)c(C(F)(F)F)n1. The van der Waals surface area contributed by atoms with Gasteiger partial charge in [-0.05, 0) is 31.0 Å². The predicted octanol–water partition coefficient (Wildman–Crippen LogP) is 3.09. The molecule has 1 saturated heterocycles. The average Bonchev–Trinajstić information content (AvgIpc) is 3.50. The molecule has 41 heavy (non-hydrogen) atoms. The number of hydrogen-bond donors (Lipinski definition) is 2. The van der Waals surface area contributed by atoms with Gasteiger partial charge in [0.25, 0.3) is 11.8 Å². The van der Waals surface area contributed by atoms with Crippen LogP contribution in [0.1, 0.15) is 39.5 Å². The van der Waals surface area contributed by atoms with Gasteiger partial charge in [0.1, 0.15) is 6.54 Å². The van der Waals surface area contributed by atoms with Gasteiger partial charge in [-0.1, -0.05) is 17.5 Å². The number of amides is 2. The van der Waals surface area contributed by atoms with Crippen LogP contribution in [0.4, 0.5) is 18.9 Å². The van der Waals surface area contributed by atoms with Crippen LogP contribution in [0.25, 0.3) is 11.3 Å². The lowest BCUT2D eigenvalue weighted by molar-refractivity contribution is -0.141. The van der Waals surface area contributed by atoms with Gasteiger partial charge in [0.2, 0.25) is 0 Å². The molecule has 0 radical (unpaired) electrons. The molecule has 0 atom stereocenters. The molecule has 0 unspecified atom stereocenters. The Bertz CT molecular complexity index is 1510. The molecule has 2 aromatic heterocycles. The Balaban J connectivity index is 1.27. The summed E-state index contributed by atoms with van der Waals surface area (Å²) in [5.41, 5.74) is 5.14. The normalized spacial score (nSPS) is 19.5. The molecular weight excluding hydrogens is 561 g/mol. The van der Waals surface area contributed by atoms with Crippen molar-refractivity contribution in [3.63, 3.8) is 0 Å². The molecule has 3 heterocycles. The quantitative estimate of drug-likeness (QED) is 0.428. The van der Waals surface area contributed by atoms with Crippen LogP contribution >= 0.6 is 11.6 Å². The van der Waals surface area contributed by atoms with Gasteiger partial charge in [-0.2, -0.15) is 18.3 Å². The Morgan fingerprint density at radius 1 is 1.22 bits per heavy atom. The van der Waals surface area contributed by atoms with E-state index in [1.165, 1.54) is 29.9 Å². The molecule has 1 saturated carbocycles. The fourth-order valence-electron chi connectivity index (χ4n) is 5.21. The van der Waals surface area contributed by atoms with Crippen LogP contribution in [0, 0.1) is 12.3 Å². The molecule has 14 heteroatoms. The van der Waals surface area contributed by atoms with E-state index in [0.717, 1.165) is 36.8 Å². The molecule has 5 rings (SSSR count). The van der Waals surface area contributed by atoms with Gasteiger partial charge in [0, 0.05) is 57.2 Å². The number of rotatable bonds is 6. The van der Waals surface area contributed by atoms with Crippen LogP contribution in [-0.2, 0) is 19.8 Å². The third-order valence-electron chi connectivity index (χ3n) is 7.48. The molecule has 2 fully saturated rings. The summed E-state index contributed by atoms with van der Waals surface area (Å²) in [7, 11) is 1.42. The summed E-state index contributed by atoms with van der Waals surface area (Å²) in [5.74, 6) is 1.23. The number of piperazine rings is 1. The van der Waals surface area contributed by atoms with Crippen molar-refractivity contribution in [2.75, 3.05) is 31.5 Å². The van der Waals surface area contributed by atoms with Crippen molar-refractivity contribution >= 4 is 29.1 Å². The largest absolute Gasteiger partial charge is 0.435 e. The first-order valence-electron chi connectivity index (χ1n) is 13.0. The Labute approximate surface area is 239 Å². The minimum absolute atomic E-state index is 0.0324. The van der Waals surface area contributed by atoms with E-state index < -0.39 is 17.8 Å². The molecule has 1 aliphatic carbocycles. The smallest absolute Gasteiger partial charge is 0.336 e. The summed E-state index contributed by atoms with van der Waals surface area (Å²) in [6, 6.07) is 5.29. The van der Waals surface area contributed by atoms with Crippen LogP contribution in [0.3, 0.4) is 0 Å². The summed E-state index contributed by atoms with van der Waals surface area (Å²) >= 11 is 6.43. The van der Waals surface area contributed by atoms with Gasteiger partial charge >= 0.3 is 6.18 Å². The van der Waals surface area contributed by atoms with Gasteiger partial charge in [0.05, 0.1) is 28.0 Å². The zero-order valence-corrected chi connectivity index (χ0v) is 22.9. The number of imidazole rings is 1. The van der Waals surface area contributed by atoms with Gasteiger partial charge in [-0.15, -0.1) is 6.42 Å². The lowest BCUT2D eigenvalue weighted by Crippen LogP contribution is -2.57. The summed E-state index contributed by atoms with van der Waals surface area (Å²) in [6.07, 6.45) is 4.77. The van der Waals surface area contributed by atoms with E-state index in [-0.39, 0.29) is 40.6 Å². The number of hydrogen-bond acceptors (Lipinski definition) is 6. The van der Waals surface area contributed by atoms with Gasteiger partial charge in [-0.3, -0.25) is 19.2 Å². The fourth-order valence-corrected chi connectivity index (χ4v) is 5.47. The fraction of sp³-hybridized carbons (Fsp3) is 0.407. The van der Waals surface area contributed by atoms with Crippen LogP contribution in [0.2, 0.25) is 5.02 Å². The van der Waals surface area contributed by atoms with E-state index in [0.29, 0.717) is 30.4 Å². The van der Waals surface area contributed by atoms with Crippen molar-refractivity contribution in [1.29, 1.82) is 0 Å². The van der Waals surface area contributed by atoms with Gasteiger partial charge < -0.3 is 20.5 Å². The number of alkyl halides is 3. The first-order chi connectivity index (χ1) is 19.5. The summed E-state index contributed by atoms with van der Waals surface area (Å²) in [4.78, 5) is 34.3. The lowest BCUT2D eigenvalue weighted by atomic mass is 9.86. The molecule has 3 aromatic rings. The molecule has 3 N–H and O–H groups in total. The van der Waals surface area contributed by atoms with Crippen molar-refractivity contribution in [3.8, 4) is 23.6 Å². The third-order valence-corrected chi connectivity index (χ3v) is 7.79. The predicted molar refractivity (Wildman–Crippen MR) is 146 cm³/mol. The zero-order chi connectivity index (χ0) is 29.5. The first-order valence-corrected chi connectivity index (χ1v) is 13.3. The lowest BCUT2D eigenvalue weighted by Gasteiger charge is -2.45. The molecule has 2 aliphatic rings. The second-order valence-electron chi connectivity index (χ2n) is 10.2. The van der Waals surface area contributed by atoms with Crippen molar-refractivity contribution in [3.05, 3.63) is 52.7 Å². The van der Waals surface area contributed by atoms with E-state index >= 15 is 0 Å². The minimum atomic E-state index is -4.74. The number of nitrogens with one attached hydrogen (secondary N) is 1. The van der Waals surface area contributed by atoms with E-state index in [9.17, 15) is 22.8 Å². The van der Waals surface area contributed by atoms with E-state index in [1.807, 2.05) is 0 Å². The third kappa shape index (κ3) is 5.81. The van der Waals surface area contributed by atoms with Crippen LogP contribution in [-0.4, -0.2) is 79.2 Å². The number of nitrogens with two attached hydrogens (primary N) is 1. The zero-order valence-electron chi connectivity index (χ0n) is 22.2. The van der Waals surface area contributed by atoms with Gasteiger partial charge in [0.15, 0.2) is 11.5 Å². The Hall–Kier alpha value is -3.86. The highest BCUT2D eigenvalue weighted by Gasteiger charge is 2.39. The highest BCUT2D eigenvalue weighted by Crippen LogP contribution is 2.36. The number of benzene rings is 1. The molecule has 1 aliphatic heterocycles. The number of terminal acetylenes is 1. The first kappa shape index (κ1) is 28.7. The van der Waals surface area contributed by atoms with Crippen molar-refractivity contribution in [2.24, 2.45) is 12.8 Å². The van der Waals surface area contributed by atoms with E-state index in [2.05, 4.69) is 26.2 Å². The molecule has 0 bridgehead atoms. The number of aromatic nitrogens is 4. The number of carbonyl (C=O) groups excluding carboxylic acids is 2. The van der Waals surface area contributed by atoms with E-state index in [4.69, 9.17) is 23.8 Å². The minimum Gasteiger partial charge on any atom is -0.336 e. The molecule has 1 aromatic carbocycles. The Morgan fingerprint density at radius 3 is 2.54 bits per heavy atom. The maximum Gasteiger partial charge on any atom is 0.435 e. The monoisotopic (exact) mass is 588 g/mol. The summed E-state index contributed by atoms with van der Waals surface area (Å²) < 4.78 is 43.1. The van der Waals surface area contributed by atoms with Crippen LogP contribution < -0.4 is 11.1 Å². The maximum absolute atomic E-state index is 13.6. The second kappa shape index (κ2) is 11.2. The van der Waals surface area contributed by atoms with Crippen molar-refractivity contribution < 1.29 is 22.8 Å². The van der Waals surface area contributed by atoms with Crippen LogP contribution in [0.5, 0.6) is 0 Å². The Kier molecular flexibility index (Phi) is 7.83. The molecule has 0 spiro atoms. The van der Waals surface area contributed by atoms with E-state index in [1.54, 1.807) is 11.0 Å². The van der Waals surface area contributed by atoms with Crippen molar-refractivity contribution in [2.45, 2.75) is 37.6 Å². The molecule has 216 valence electrons. The second-order valence-corrected chi connectivity index (χ2v) is 10.6. The maximum atomic E-state index is 13.6. The average molecular weight is 589 g/mol. The number of nitrogens with zero attached hydrogens (tertiary/aromatic N) is 6. The van der Waals surface area contributed by atoms with Crippen LogP contribution in [0.15, 0.2) is 30.6 Å². The van der Waals surface area contributed by atoms with Crippen molar-refractivity contribution in [1.82, 2.24) is 29.1 Å². The van der Waals surface area contributed by atoms with Gasteiger partial charge in [-0.25, -0.2) is 4.98 Å². The number of carbonyl (C=O) groups is 2. The standard InChI is InChI=1S/C27H28ClF3N8O2/c1-3-6-39-15-20(23(35-39)27(29,30)31)22-14-33-24(36(22)2)25(40)34-17-4-5-19(21(28)13-17)26(41)38-9-7-37(8-10-38)18-11-16(32)12-18/h1,4-5,13-16,18H,6-12,32H2,2H3,(H,34,40). The number of anilines is 1. The summed E-state index contributed by atoms with van der Waals surface area (Å²) in [5, 5.41) is 6.35. The molecule has 2 amide bonds.